The molecule has 1 aromatic rings. The Morgan fingerprint density at radius 3 is 2.00 bits per heavy atom. The zero-order chi connectivity index (χ0) is 16.4. The number of amides is 1. The van der Waals surface area contributed by atoms with Gasteiger partial charge < -0.3 is 10.6 Å². The van der Waals surface area contributed by atoms with E-state index in [0.29, 0.717) is 0 Å². The largest absolute Gasteiger partial charge is 0.339 e. The summed E-state index contributed by atoms with van der Waals surface area (Å²) in [6.07, 6.45) is 1.17. The molecule has 0 aliphatic heterocycles. The van der Waals surface area contributed by atoms with Gasteiger partial charge in [-0.3, -0.25) is 4.79 Å². The van der Waals surface area contributed by atoms with E-state index in [1.807, 2.05) is 20.8 Å². The molecule has 3 atom stereocenters. The fourth-order valence-electron chi connectivity index (χ4n) is 1.95. The first-order chi connectivity index (χ1) is 9.55. The molecule has 0 saturated carbocycles. The number of carbonyl (C=O) groups is 1. The molecule has 0 heterocycles. The summed E-state index contributed by atoms with van der Waals surface area (Å²) in [7, 11) is -1.47. The normalized spacial score (nSPS) is 16.1. The monoisotopic (exact) mass is 312 g/mol. The van der Waals surface area contributed by atoms with E-state index in [-0.39, 0.29) is 28.8 Å². The summed E-state index contributed by atoms with van der Waals surface area (Å²) < 4.78 is 22.9. The van der Waals surface area contributed by atoms with Gasteiger partial charge in [0, 0.05) is 19.3 Å². The van der Waals surface area contributed by atoms with Crippen LogP contribution in [0.15, 0.2) is 29.2 Å². The first-order valence-corrected chi connectivity index (χ1v) is 8.77. The van der Waals surface area contributed by atoms with Crippen molar-refractivity contribution < 1.29 is 13.2 Å². The number of nitrogens with zero attached hydrogens (tertiary/aromatic N) is 1. The van der Waals surface area contributed by atoms with Gasteiger partial charge in [-0.25, -0.2) is 8.42 Å². The second-order valence-electron chi connectivity index (χ2n) is 5.61. The lowest BCUT2D eigenvalue weighted by Gasteiger charge is -2.29. The molecule has 0 radical (unpaired) electrons. The summed E-state index contributed by atoms with van der Waals surface area (Å²) in [5.74, 6) is -0.280. The highest BCUT2D eigenvalue weighted by Gasteiger charge is 2.24. The fraction of sp³-hybridized carbons (Fsp3) is 0.533. The maximum Gasteiger partial charge on any atom is 0.227 e. The lowest BCUT2D eigenvalue weighted by atomic mass is 10.0. The van der Waals surface area contributed by atoms with Crippen molar-refractivity contribution in [2.75, 3.05) is 13.3 Å². The molecule has 0 aliphatic carbocycles. The van der Waals surface area contributed by atoms with Crippen molar-refractivity contribution in [2.24, 2.45) is 11.7 Å². The Morgan fingerprint density at radius 1 is 1.14 bits per heavy atom. The third-order valence-electron chi connectivity index (χ3n) is 3.90. The smallest absolute Gasteiger partial charge is 0.227 e. The number of sulfone groups is 1. The molecule has 0 saturated heterocycles. The van der Waals surface area contributed by atoms with Gasteiger partial charge >= 0.3 is 0 Å². The van der Waals surface area contributed by atoms with Crippen LogP contribution in [0.3, 0.4) is 0 Å². The number of carbonyl (C=O) groups excluding carboxylic acids is 1. The summed E-state index contributed by atoms with van der Waals surface area (Å²) in [6.45, 7) is 5.52. The van der Waals surface area contributed by atoms with Crippen LogP contribution in [0.5, 0.6) is 0 Å². The molecule has 118 valence electrons. The zero-order valence-electron chi connectivity index (χ0n) is 13.2. The molecular weight excluding hydrogens is 288 g/mol. The number of hydrogen-bond acceptors (Lipinski definition) is 4. The van der Waals surface area contributed by atoms with E-state index in [9.17, 15) is 13.2 Å². The minimum absolute atomic E-state index is 0.0234. The van der Waals surface area contributed by atoms with Crippen molar-refractivity contribution >= 4 is 15.7 Å². The van der Waals surface area contributed by atoms with Crippen LogP contribution in [0.1, 0.15) is 32.4 Å². The summed E-state index contributed by atoms with van der Waals surface area (Å²) in [6, 6.07) is 6.25. The molecule has 6 heteroatoms. The first kappa shape index (κ1) is 17.7. The standard InChI is InChI=1S/C15H24N2O3S/c1-10(11(2)16)15(18)17(4)12(3)13-6-8-14(9-7-13)21(5,19)20/h6-12H,16H2,1-5H3. The molecule has 0 aromatic heterocycles. The van der Waals surface area contributed by atoms with Gasteiger partial charge in [-0.05, 0) is 31.5 Å². The van der Waals surface area contributed by atoms with Crippen molar-refractivity contribution in [2.45, 2.75) is 37.8 Å². The predicted octanol–water partition coefficient (Wildman–Crippen LogP) is 1.59. The Balaban J connectivity index is 2.93. The molecule has 1 aromatic carbocycles. The van der Waals surface area contributed by atoms with E-state index >= 15 is 0 Å². The van der Waals surface area contributed by atoms with Gasteiger partial charge in [-0.2, -0.15) is 0 Å². The van der Waals surface area contributed by atoms with E-state index in [0.717, 1.165) is 5.56 Å². The number of hydrogen-bond donors (Lipinski definition) is 1. The van der Waals surface area contributed by atoms with Gasteiger partial charge in [0.05, 0.1) is 16.9 Å². The molecule has 2 N–H and O–H groups in total. The second kappa shape index (κ2) is 6.58. The Labute approximate surface area is 127 Å². The molecule has 1 amide bonds. The van der Waals surface area contributed by atoms with E-state index < -0.39 is 9.84 Å². The Kier molecular flexibility index (Phi) is 5.53. The highest BCUT2D eigenvalue weighted by atomic mass is 32.2. The maximum atomic E-state index is 12.3. The molecule has 0 spiro atoms. The van der Waals surface area contributed by atoms with E-state index in [1.54, 1.807) is 36.2 Å². The molecule has 3 unspecified atom stereocenters. The Bertz CT molecular complexity index is 594. The average molecular weight is 312 g/mol. The molecule has 0 bridgehead atoms. The summed E-state index contributed by atoms with van der Waals surface area (Å²) in [4.78, 5) is 14.2. The molecule has 5 nitrogen and oxygen atoms in total. The minimum atomic E-state index is -3.20. The van der Waals surface area contributed by atoms with Crippen molar-refractivity contribution in [3.8, 4) is 0 Å². The van der Waals surface area contributed by atoms with Gasteiger partial charge in [0.2, 0.25) is 5.91 Å². The van der Waals surface area contributed by atoms with E-state index in [4.69, 9.17) is 5.73 Å². The predicted molar refractivity (Wildman–Crippen MR) is 83.6 cm³/mol. The molecule has 21 heavy (non-hydrogen) atoms. The van der Waals surface area contributed by atoms with Gasteiger partial charge in [0.1, 0.15) is 0 Å². The first-order valence-electron chi connectivity index (χ1n) is 6.88. The zero-order valence-corrected chi connectivity index (χ0v) is 14.0. The van der Waals surface area contributed by atoms with Gasteiger partial charge in [0.15, 0.2) is 9.84 Å². The SMILES string of the molecule is CC(N)C(C)C(=O)N(C)C(C)c1ccc(S(C)(=O)=O)cc1. The summed E-state index contributed by atoms with van der Waals surface area (Å²) >= 11 is 0. The highest BCUT2D eigenvalue weighted by molar-refractivity contribution is 7.90. The van der Waals surface area contributed by atoms with E-state index in [1.165, 1.54) is 6.26 Å². The van der Waals surface area contributed by atoms with Crippen LogP contribution in [0.2, 0.25) is 0 Å². The van der Waals surface area contributed by atoms with Gasteiger partial charge in [-0.1, -0.05) is 19.1 Å². The number of benzene rings is 1. The summed E-state index contributed by atoms with van der Waals surface area (Å²) in [5, 5.41) is 0. The number of nitrogens with two attached hydrogens (primary N) is 1. The second-order valence-corrected chi connectivity index (χ2v) is 7.63. The van der Waals surface area contributed by atoms with Crippen LogP contribution in [-0.2, 0) is 14.6 Å². The Hall–Kier alpha value is -1.40. The fourth-order valence-corrected chi connectivity index (χ4v) is 2.58. The third kappa shape index (κ3) is 4.28. The van der Waals surface area contributed by atoms with Crippen LogP contribution in [0, 0.1) is 5.92 Å². The van der Waals surface area contributed by atoms with Gasteiger partial charge in [-0.15, -0.1) is 0 Å². The number of rotatable bonds is 5. The third-order valence-corrected chi connectivity index (χ3v) is 5.03. The lowest BCUT2D eigenvalue weighted by molar-refractivity contribution is -0.136. The van der Waals surface area contributed by atoms with Crippen molar-refractivity contribution in [3.05, 3.63) is 29.8 Å². The van der Waals surface area contributed by atoms with Crippen molar-refractivity contribution in [1.82, 2.24) is 4.90 Å². The van der Waals surface area contributed by atoms with Crippen LogP contribution >= 0.6 is 0 Å². The van der Waals surface area contributed by atoms with Crippen LogP contribution in [0.25, 0.3) is 0 Å². The molecular formula is C15H24N2O3S. The topological polar surface area (TPSA) is 80.5 Å². The lowest BCUT2D eigenvalue weighted by Crippen LogP contribution is -2.40. The quantitative estimate of drug-likeness (QED) is 0.895. The molecule has 0 fully saturated rings. The van der Waals surface area contributed by atoms with E-state index in [2.05, 4.69) is 0 Å². The van der Waals surface area contributed by atoms with Crippen LogP contribution in [-0.4, -0.2) is 38.6 Å². The highest BCUT2D eigenvalue weighted by Crippen LogP contribution is 2.22. The molecule has 1 rings (SSSR count). The van der Waals surface area contributed by atoms with Crippen molar-refractivity contribution in [1.29, 1.82) is 0 Å². The maximum absolute atomic E-state index is 12.3. The van der Waals surface area contributed by atoms with Crippen LogP contribution < -0.4 is 5.73 Å². The molecule has 0 aliphatic rings. The Morgan fingerprint density at radius 2 is 1.62 bits per heavy atom. The summed E-state index contributed by atoms with van der Waals surface area (Å²) in [5.41, 5.74) is 6.65. The van der Waals surface area contributed by atoms with Crippen molar-refractivity contribution in [3.63, 3.8) is 0 Å². The average Bonchev–Trinajstić information content (AvgIpc) is 2.43. The van der Waals surface area contributed by atoms with Crippen LogP contribution in [0.4, 0.5) is 0 Å². The minimum Gasteiger partial charge on any atom is -0.339 e. The van der Waals surface area contributed by atoms with Gasteiger partial charge in [0.25, 0.3) is 0 Å².